The second-order valence-corrected chi connectivity index (χ2v) is 5.84. The molecule has 2 amide bonds. The number of rotatable bonds is 7. The normalized spacial score (nSPS) is 15.2. The molecule has 1 heterocycles. The molecule has 0 aliphatic carbocycles. The van der Waals surface area contributed by atoms with Gasteiger partial charge in [0.1, 0.15) is 6.04 Å². The van der Waals surface area contributed by atoms with Crippen LogP contribution in [0.4, 0.5) is 4.79 Å². The minimum absolute atomic E-state index is 0.0454. The molecule has 0 aliphatic heterocycles. The van der Waals surface area contributed by atoms with Gasteiger partial charge in [0.05, 0.1) is 0 Å². The van der Waals surface area contributed by atoms with Crippen molar-refractivity contribution in [2.75, 3.05) is 0 Å². The highest BCUT2D eigenvalue weighted by Gasteiger charge is 2.25. The Bertz CT molecular complexity index is 434. The first-order chi connectivity index (χ1) is 9.43. The Morgan fingerprint density at radius 1 is 1.35 bits per heavy atom. The summed E-state index contributed by atoms with van der Waals surface area (Å²) in [6, 6.07) is 0.685. The van der Waals surface area contributed by atoms with E-state index in [1.807, 2.05) is 37.6 Å². The molecule has 3 N–H and O–H groups in total. The van der Waals surface area contributed by atoms with E-state index in [9.17, 15) is 9.59 Å². The Hall–Kier alpha value is -1.56. The first-order valence-electron chi connectivity index (χ1n) is 6.75. The van der Waals surface area contributed by atoms with E-state index in [1.165, 1.54) is 5.56 Å². The topological polar surface area (TPSA) is 78.4 Å². The zero-order chi connectivity index (χ0) is 15.1. The molecule has 1 aromatic rings. The molecule has 1 unspecified atom stereocenters. The molecule has 5 nitrogen and oxygen atoms in total. The van der Waals surface area contributed by atoms with Gasteiger partial charge >= 0.3 is 12.0 Å². The number of hydrogen-bond acceptors (Lipinski definition) is 3. The lowest BCUT2D eigenvalue weighted by molar-refractivity contribution is -0.140. The summed E-state index contributed by atoms with van der Waals surface area (Å²) in [5.41, 5.74) is 1.17. The lowest BCUT2D eigenvalue weighted by Gasteiger charge is -2.22. The number of urea groups is 1. The van der Waals surface area contributed by atoms with E-state index in [4.69, 9.17) is 5.11 Å². The van der Waals surface area contributed by atoms with Crippen LogP contribution in [-0.2, 0) is 11.2 Å². The molecule has 20 heavy (non-hydrogen) atoms. The van der Waals surface area contributed by atoms with E-state index < -0.39 is 18.0 Å². The minimum atomic E-state index is -1.00. The molecule has 0 spiro atoms. The summed E-state index contributed by atoms with van der Waals surface area (Å²) in [6.07, 6.45) is 1.43. The van der Waals surface area contributed by atoms with Gasteiger partial charge in [-0.25, -0.2) is 9.59 Å². The van der Waals surface area contributed by atoms with Crippen molar-refractivity contribution in [3.8, 4) is 0 Å². The second kappa shape index (κ2) is 7.89. The number of amides is 2. The van der Waals surface area contributed by atoms with Crippen LogP contribution in [0.3, 0.4) is 0 Å². The Kier molecular flexibility index (Phi) is 6.51. The van der Waals surface area contributed by atoms with E-state index in [0.29, 0.717) is 6.42 Å². The quantitative estimate of drug-likeness (QED) is 0.723. The number of carboxylic acids is 1. The van der Waals surface area contributed by atoms with Crippen molar-refractivity contribution in [2.45, 2.75) is 45.7 Å². The molecule has 0 aromatic carbocycles. The predicted molar refractivity (Wildman–Crippen MR) is 80.0 cm³/mol. The first-order valence-corrected chi connectivity index (χ1v) is 7.69. The van der Waals surface area contributed by atoms with Crippen LogP contribution in [0.25, 0.3) is 0 Å². The van der Waals surface area contributed by atoms with Gasteiger partial charge in [-0.2, -0.15) is 11.3 Å². The van der Waals surface area contributed by atoms with Crippen molar-refractivity contribution in [1.82, 2.24) is 10.6 Å². The third-order valence-corrected chi connectivity index (χ3v) is 4.00. The van der Waals surface area contributed by atoms with Crippen LogP contribution in [0.2, 0.25) is 0 Å². The van der Waals surface area contributed by atoms with Crippen LogP contribution in [0.5, 0.6) is 0 Å². The average Bonchev–Trinajstić information content (AvgIpc) is 2.87. The standard InChI is InChI=1S/C14H22N2O3S/c1-4-9(2)12(13(17)18)16-14(19)15-10(3)7-11-5-6-20-8-11/h5-6,8-10,12H,4,7H2,1-3H3,(H,17,18)(H2,15,16,19)/t9-,10?,12-/m0/s1. The smallest absolute Gasteiger partial charge is 0.326 e. The highest BCUT2D eigenvalue weighted by Crippen LogP contribution is 2.09. The molecule has 0 aliphatic rings. The van der Waals surface area contributed by atoms with Gasteiger partial charge in [-0.3, -0.25) is 0 Å². The van der Waals surface area contributed by atoms with Gasteiger partial charge in [0.2, 0.25) is 0 Å². The van der Waals surface area contributed by atoms with Crippen molar-refractivity contribution in [3.05, 3.63) is 22.4 Å². The van der Waals surface area contributed by atoms with Crippen molar-refractivity contribution < 1.29 is 14.7 Å². The third kappa shape index (κ3) is 5.21. The van der Waals surface area contributed by atoms with E-state index in [2.05, 4.69) is 10.6 Å². The highest BCUT2D eigenvalue weighted by molar-refractivity contribution is 7.07. The fraction of sp³-hybridized carbons (Fsp3) is 0.571. The van der Waals surface area contributed by atoms with Gasteiger partial charge in [0, 0.05) is 6.04 Å². The van der Waals surface area contributed by atoms with Gasteiger partial charge in [0.15, 0.2) is 0 Å². The van der Waals surface area contributed by atoms with Gasteiger partial charge in [0.25, 0.3) is 0 Å². The fourth-order valence-electron chi connectivity index (χ4n) is 1.90. The maximum atomic E-state index is 11.8. The summed E-state index contributed by atoms with van der Waals surface area (Å²) >= 11 is 1.62. The van der Waals surface area contributed by atoms with Gasteiger partial charge in [-0.15, -0.1) is 0 Å². The zero-order valence-corrected chi connectivity index (χ0v) is 12.9. The summed E-state index contributed by atoms with van der Waals surface area (Å²) in [5, 5.41) is 18.5. The zero-order valence-electron chi connectivity index (χ0n) is 12.1. The number of carboxylic acid groups (broad SMARTS) is 1. The van der Waals surface area contributed by atoms with E-state index in [1.54, 1.807) is 11.3 Å². The minimum Gasteiger partial charge on any atom is -0.480 e. The molecule has 6 heteroatoms. The molecule has 1 rings (SSSR count). The number of thiophene rings is 1. The molecule has 3 atom stereocenters. The Morgan fingerprint density at radius 3 is 2.55 bits per heavy atom. The van der Waals surface area contributed by atoms with Gasteiger partial charge in [-0.1, -0.05) is 20.3 Å². The van der Waals surface area contributed by atoms with Crippen LogP contribution >= 0.6 is 11.3 Å². The monoisotopic (exact) mass is 298 g/mol. The molecule has 1 aromatic heterocycles. The molecule has 0 bridgehead atoms. The molecule has 0 saturated heterocycles. The highest BCUT2D eigenvalue weighted by atomic mass is 32.1. The van der Waals surface area contributed by atoms with Gasteiger partial charge < -0.3 is 15.7 Å². The second-order valence-electron chi connectivity index (χ2n) is 5.06. The van der Waals surface area contributed by atoms with Crippen LogP contribution in [0, 0.1) is 5.92 Å². The van der Waals surface area contributed by atoms with E-state index in [0.717, 1.165) is 6.42 Å². The number of carbonyl (C=O) groups excluding carboxylic acids is 1. The average molecular weight is 298 g/mol. The van der Waals surface area contributed by atoms with Crippen molar-refractivity contribution in [3.63, 3.8) is 0 Å². The largest absolute Gasteiger partial charge is 0.480 e. The molecular formula is C14H22N2O3S. The summed E-state index contributed by atoms with van der Waals surface area (Å²) in [6.45, 7) is 5.61. The number of hydrogen-bond donors (Lipinski definition) is 3. The van der Waals surface area contributed by atoms with E-state index >= 15 is 0 Å². The predicted octanol–water partition coefficient (Wildman–Crippen LogP) is 2.48. The Morgan fingerprint density at radius 2 is 2.05 bits per heavy atom. The van der Waals surface area contributed by atoms with Crippen LogP contribution in [0.1, 0.15) is 32.8 Å². The van der Waals surface area contributed by atoms with Crippen LogP contribution < -0.4 is 10.6 Å². The molecule has 0 radical (unpaired) electrons. The summed E-state index contributed by atoms with van der Waals surface area (Å²) in [7, 11) is 0. The van der Waals surface area contributed by atoms with Crippen molar-refractivity contribution >= 4 is 23.3 Å². The fourth-order valence-corrected chi connectivity index (χ4v) is 2.58. The number of nitrogens with one attached hydrogen (secondary N) is 2. The lowest BCUT2D eigenvalue weighted by Crippen LogP contribution is -2.51. The maximum absolute atomic E-state index is 11.8. The first kappa shape index (κ1) is 16.5. The summed E-state index contributed by atoms with van der Waals surface area (Å²) in [4.78, 5) is 23.0. The third-order valence-electron chi connectivity index (χ3n) is 3.27. The molecule has 0 saturated carbocycles. The maximum Gasteiger partial charge on any atom is 0.326 e. The van der Waals surface area contributed by atoms with Crippen LogP contribution in [-0.4, -0.2) is 29.2 Å². The van der Waals surface area contributed by atoms with Crippen LogP contribution in [0.15, 0.2) is 16.8 Å². The number of carbonyl (C=O) groups is 2. The SMILES string of the molecule is CC[C@H](C)[C@H](NC(=O)NC(C)Cc1ccsc1)C(=O)O. The summed E-state index contributed by atoms with van der Waals surface area (Å²) < 4.78 is 0. The molecule has 0 fully saturated rings. The van der Waals surface area contributed by atoms with E-state index in [-0.39, 0.29) is 12.0 Å². The van der Waals surface area contributed by atoms with Gasteiger partial charge in [-0.05, 0) is 41.7 Å². The Labute approximate surface area is 123 Å². The molecule has 112 valence electrons. The van der Waals surface area contributed by atoms with Crippen molar-refractivity contribution in [2.24, 2.45) is 5.92 Å². The lowest BCUT2D eigenvalue weighted by atomic mass is 9.99. The summed E-state index contributed by atoms with van der Waals surface area (Å²) in [5.74, 6) is -1.11. The number of aliphatic carboxylic acids is 1. The molecular weight excluding hydrogens is 276 g/mol. The Balaban J connectivity index is 2.46. The van der Waals surface area contributed by atoms with Crippen molar-refractivity contribution in [1.29, 1.82) is 0 Å².